The van der Waals surface area contributed by atoms with E-state index in [0.29, 0.717) is 0 Å². The summed E-state index contributed by atoms with van der Waals surface area (Å²) >= 11 is 0. The minimum Gasteiger partial charge on any atom is -0.491 e. The van der Waals surface area contributed by atoms with Crippen LogP contribution in [0.2, 0.25) is 0 Å². The third-order valence-electron chi connectivity index (χ3n) is 1.51. The van der Waals surface area contributed by atoms with Gasteiger partial charge in [0.15, 0.2) is 11.4 Å². The van der Waals surface area contributed by atoms with Crippen molar-refractivity contribution in [3.05, 3.63) is 24.0 Å². The van der Waals surface area contributed by atoms with Crippen LogP contribution in [0.25, 0.3) is 0 Å². The molecule has 14 heavy (non-hydrogen) atoms. The minimum atomic E-state index is -1.15. The molecule has 5 heteroatoms. The average Bonchev–Trinajstić information content (AvgIpc) is 2.19. The number of carboxylic acids is 1. The molecule has 0 aliphatic heterocycles. The van der Waals surface area contributed by atoms with E-state index in [1.807, 2.05) is 0 Å². The van der Waals surface area contributed by atoms with Gasteiger partial charge in [0.05, 0.1) is 13.3 Å². The molecule has 0 aliphatic rings. The van der Waals surface area contributed by atoms with Gasteiger partial charge in [-0.25, -0.2) is 9.78 Å². The third-order valence-corrected chi connectivity index (χ3v) is 1.51. The highest BCUT2D eigenvalue weighted by molar-refractivity contribution is 5.88. The standard InChI is InChI=1S/C9H10FNO3/c10-4-2-6-14-7-3-1-5-11-8(7)9(12)13/h1,3,5H,2,4,6H2,(H,12,13). The largest absolute Gasteiger partial charge is 0.491 e. The molecule has 0 amide bonds. The molecule has 1 aromatic rings. The van der Waals surface area contributed by atoms with Gasteiger partial charge < -0.3 is 9.84 Å². The summed E-state index contributed by atoms with van der Waals surface area (Å²) in [6.45, 7) is -0.328. The predicted molar refractivity (Wildman–Crippen MR) is 47.3 cm³/mol. The van der Waals surface area contributed by atoms with Crippen molar-refractivity contribution < 1.29 is 19.0 Å². The molecule has 1 N–H and O–H groups in total. The van der Waals surface area contributed by atoms with E-state index >= 15 is 0 Å². The molecular weight excluding hydrogens is 189 g/mol. The fourth-order valence-electron chi connectivity index (χ4n) is 0.904. The van der Waals surface area contributed by atoms with Crippen molar-refractivity contribution in [2.24, 2.45) is 0 Å². The maximum atomic E-state index is 11.7. The molecular formula is C9H10FNO3. The summed E-state index contributed by atoms with van der Waals surface area (Å²) in [4.78, 5) is 14.3. The Morgan fingerprint density at radius 1 is 1.64 bits per heavy atom. The number of carboxylic acid groups (broad SMARTS) is 1. The molecule has 0 bridgehead atoms. The van der Waals surface area contributed by atoms with Crippen LogP contribution >= 0.6 is 0 Å². The zero-order valence-corrected chi connectivity index (χ0v) is 7.44. The van der Waals surface area contributed by atoms with Gasteiger partial charge in [-0.3, -0.25) is 4.39 Å². The first kappa shape index (κ1) is 10.4. The maximum absolute atomic E-state index is 11.7. The predicted octanol–water partition coefficient (Wildman–Crippen LogP) is 1.52. The van der Waals surface area contributed by atoms with Crippen LogP contribution in [-0.2, 0) is 0 Å². The molecule has 0 fully saturated rings. The average molecular weight is 199 g/mol. The number of halogens is 1. The summed E-state index contributed by atoms with van der Waals surface area (Å²) in [5.74, 6) is -0.978. The van der Waals surface area contributed by atoms with Gasteiger partial charge in [-0.1, -0.05) is 0 Å². The second kappa shape index (κ2) is 5.16. The highest BCUT2D eigenvalue weighted by Gasteiger charge is 2.11. The van der Waals surface area contributed by atoms with Crippen LogP contribution < -0.4 is 4.74 Å². The van der Waals surface area contributed by atoms with Crippen LogP contribution in [0, 0.1) is 0 Å². The number of hydrogen-bond donors (Lipinski definition) is 1. The van der Waals surface area contributed by atoms with Gasteiger partial charge in [0.25, 0.3) is 0 Å². The van der Waals surface area contributed by atoms with E-state index < -0.39 is 12.6 Å². The Labute approximate surface area is 80.3 Å². The highest BCUT2D eigenvalue weighted by atomic mass is 19.1. The van der Waals surface area contributed by atoms with Crippen molar-refractivity contribution in [1.82, 2.24) is 4.98 Å². The molecule has 1 aromatic heterocycles. The Kier molecular flexibility index (Phi) is 3.84. The third kappa shape index (κ3) is 2.69. The lowest BCUT2D eigenvalue weighted by atomic mass is 10.3. The molecule has 0 aromatic carbocycles. The summed E-state index contributed by atoms with van der Waals surface area (Å²) in [7, 11) is 0. The van der Waals surface area contributed by atoms with Gasteiger partial charge in [0, 0.05) is 12.6 Å². The maximum Gasteiger partial charge on any atom is 0.358 e. The molecule has 1 rings (SSSR count). The van der Waals surface area contributed by atoms with Crippen LogP contribution in [0.4, 0.5) is 4.39 Å². The molecule has 0 spiro atoms. The molecule has 76 valence electrons. The van der Waals surface area contributed by atoms with E-state index in [9.17, 15) is 9.18 Å². The van der Waals surface area contributed by atoms with Gasteiger partial charge >= 0.3 is 5.97 Å². The van der Waals surface area contributed by atoms with Crippen molar-refractivity contribution in [3.63, 3.8) is 0 Å². The van der Waals surface area contributed by atoms with Crippen molar-refractivity contribution in [3.8, 4) is 5.75 Å². The molecule has 0 saturated carbocycles. The lowest BCUT2D eigenvalue weighted by Gasteiger charge is -2.06. The Bertz CT molecular complexity index is 317. The first-order chi connectivity index (χ1) is 6.75. The van der Waals surface area contributed by atoms with Crippen LogP contribution in [0.1, 0.15) is 16.9 Å². The first-order valence-electron chi connectivity index (χ1n) is 4.12. The molecule has 4 nitrogen and oxygen atoms in total. The minimum absolute atomic E-state index is 0.147. The zero-order chi connectivity index (χ0) is 10.4. The van der Waals surface area contributed by atoms with Gasteiger partial charge in [0.1, 0.15) is 0 Å². The number of hydrogen-bond acceptors (Lipinski definition) is 3. The lowest BCUT2D eigenvalue weighted by Crippen LogP contribution is -2.06. The second-order valence-electron chi connectivity index (χ2n) is 2.55. The number of alkyl halides is 1. The fourth-order valence-corrected chi connectivity index (χ4v) is 0.904. The molecule has 0 atom stereocenters. The molecule has 0 saturated heterocycles. The SMILES string of the molecule is O=C(O)c1ncccc1OCCCF. The summed E-state index contributed by atoms with van der Waals surface area (Å²) < 4.78 is 16.8. The molecule has 1 heterocycles. The Morgan fingerprint density at radius 3 is 3.07 bits per heavy atom. The number of ether oxygens (including phenoxy) is 1. The van der Waals surface area contributed by atoms with E-state index in [1.54, 1.807) is 6.07 Å². The van der Waals surface area contributed by atoms with Crippen LogP contribution in [0.3, 0.4) is 0 Å². The van der Waals surface area contributed by atoms with E-state index in [0.717, 1.165) is 0 Å². The second-order valence-corrected chi connectivity index (χ2v) is 2.55. The molecule has 0 aliphatic carbocycles. The lowest BCUT2D eigenvalue weighted by molar-refractivity contribution is 0.0685. The topological polar surface area (TPSA) is 59.4 Å². The van der Waals surface area contributed by atoms with Gasteiger partial charge in [0.2, 0.25) is 0 Å². The van der Waals surface area contributed by atoms with Crippen molar-refractivity contribution in [1.29, 1.82) is 0 Å². The smallest absolute Gasteiger partial charge is 0.358 e. The number of rotatable bonds is 5. The van der Waals surface area contributed by atoms with Crippen LogP contribution in [0.5, 0.6) is 5.75 Å². The van der Waals surface area contributed by atoms with Gasteiger partial charge in [-0.05, 0) is 12.1 Å². The molecule has 0 radical (unpaired) electrons. The van der Waals surface area contributed by atoms with Crippen LogP contribution in [0.15, 0.2) is 18.3 Å². The number of aromatic carboxylic acids is 1. The summed E-state index contributed by atoms with van der Waals surface area (Å²) in [6.07, 6.45) is 1.61. The van der Waals surface area contributed by atoms with Crippen molar-refractivity contribution >= 4 is 5.97 Å². The first-order valence-corrected chi connectivity index (χ1v) is 4.12. The normalized spacial score (nSPS) is 9.79. The quantitative estimate of drug-likeness (QED) is 0.730. The van der Waals surface area contributed by atoms with Gasteiger partial charge in [-0.2, -0.15) is 0 Å². The highest BCUT2D eigenvalue weighted by Crippen LogP contribution is 2.15. The van der Waals surface area contributed by atoms with E-state index in [1.165, 1.54) is 12.3 Å². The van der Waals surface area contributed by atoms with E-state index in [4.69, 9.17) is 9.84 Å². The van der Waals surface area contributed by atoms with Crippen LogP contribution in [-0.4, -0.2) is 29.3 Å². The van der Waals surface area contributed by atoms with E-state index in [2.05, 4.69) is 4.98 Å². The monoisotopic (exact) mass is 199 g/mol. The number of aromatic nitrogens is 1. The zero-order valence-electron chi connectivity index (χ0n) is 7.44. The number of pyridine rings is 1. The summed E-state index contributed by atoms with van der Waals surface area (Å²) in [5, 5.41) is 8.71. The Hall–Kier alpha value is -1.65. The van der Waals surface area contributed by atoms with E-state index in [-0.39, 0.29) is 24.5 Å². The Morgan fingerprint density at radius 2 is 2.43 bits per heavy atom. The molecule has 0 unspecified atom stereocenters. The fraction of sp³-hybridized carbons (Fsp3) is 0.333. The van der Waals surface area contributed by atoms with Crippen molar-refractivity contribution in [2.75, 3.05) is 13.3 Å². The summed E-state index contributed by atoms with van der Waals surface area (Å²) in [6, 6.07) is 3.06. The Balaban J connectivity index is 2.69. The van der Waals surface area contributed by atoms with Gasteiger partial charge in [-0.15, -0.1) is 0 Å². The number of nitrogens with zero attached hydrogens (tertiary/aromatic N) is 1. The summed E-state index contributed by atoms with van der Waals surface area (Å²) in [5.41, 5.74) is -0.147. The number of carbonyl (C=O) groups is 1. The van der Waals surface area contributed by atoms with Crippen molar-refractivity contribution in [2.45, 2.75) is 6.42 Å².